The number of carbonyl (C=O) groups excluding carboxylic acids is 3. The molecule has 5 nitrogen and oxygen atoms in total. The molecular weight excluding hydrogens is 316 g/mol. The normalized spacial score (nSPS) is 10.9. The van der Waals surface area contributed by atoms with Crippen LogP contribution in [0.15, 0.2) is 66.2 Å². The molecule has 0 spiro atoms. The number of hydrogen-bond acceptors (Lipinski definition) is 3. The van der Waals surface area contributed by atoms with Crippen molar-refractivity contribution in [1.82, 2.24) is 5.32 Å². The van der Waals surface area contributed by atoms with Gasteiger partial charge >= 0.3 is 0 Å². The Morgan fingerprint density at radius 3 is 2.16 bits per heavy atom. The summed E-state index contributed by atoms with van der Waals surface area (Å²) >= 11 is 0. The van der Waals surface area contributed by atoms with Gasteiger partial charge in [-0.3, -0.25) is 14.4 Å². The van der Waals surface area contributed by atoms with Crippen LogP contribution in [-0.4, -0.2) is 17.6 Å². The van der Waals surface area contributed by atoms with E-state index >= 15 is 0 Å². The van der Waals surface area contributed by atoms with Gasteiger partial charge in [-0.15, -0.1) is 0 Å². The van der Waals surface area contributed by atoms with E-state index in [9.17, 15) is 14.4 Å². The average Bonchev–Trinajstić information content (AvgIpc) is 2.60. The summed E-state index contributed by atoms with van der Waals surface area (Å²) in [6.45, 7) is 3.46. The zero-order valence-electron chi connectivity index (χ0n) is 14.2. The van der Waals surface area contributed by atoms with Crippen molar-refractivity contribution in [1.29, 1.82) is 0 Å². The van der Waals surface area contributed by atoms with Gasteiger partial charge in [-0.25, -0.2) is 0 Å². The van der Waals surface area contributed by atoms with Gasteiger partial charge in [-0.1, -0.05) is 30.3 Å². The molecule has 0 aliphatic carbocycles. The molecule has 5 heteroatoms. The third-order valence-electron chi connectivity index (χ3n) is 3.56. The Balaban J connectivity index is 1.90. The maximum absolute atomic E-state index is 12.0. The highest BCUT2D eigenvalue weighted by atomic mass is 16.2. The highest BCUT2D eigenvalue weighted by Gasteiger charge is 2.07. The van der Waals surface area contributed by atoms with E-state index in [1.807, 2.05) is 30.3 Å². The number of Topliss-reactive ketones (excluding diaryl/α,β-unsaturated/α-hetero) is 1. The highest BCUT2D eigenvalue weighted by molar-refractivity contribution is 6.06. The maximum atomic E-state index is 12.0. The van der Waals surface area contributed by atoms with Gasteiger partial charge in [-0.2, -0.15) is 0 Å². The fourth-order valence-electron chi connectivity index (χ4n) is 2.15. The Morgan fingerprint density at radius 1 is 0.920 bits per heavy atom. The minimum absolute atomic E-state index is 0.0382. The second-order valence-electron chi connectivity index (χ2n) is 5.62. The maximum Gasteiger partial charge on any atom is 0.248 e. The molecule has 2 aromatic carbocycles. The van der Waals surface area contributed by atoms with Crippen LogP contribution in [0, 0.1) is 0 Å². The molecule has 0 aliphatic rings. The van der Waals surface area contributed by atoms with Gasteiger partial charge in [0.25, 0.3) is 0 Å². The molecule has 0 atom stereocenters. The van der Waals surface area contributed by atoms with Gasteiger partial charge in [0, 0.05) is 29.4 Å². The number of ketones is 1. The van der Waals surface area contributed by atoms with Gasteiger partial charge in [0.05, 0.1) is 0 Å². The van der Waals surface area contributed by atoms with Crippen LogP contribution in [-0.2, 0) is 16.1 Å². The number of rotatable bonds is 6. The summed E-state index contributed by atoms with van der Waals surface area (Å²) in [5.41, 5.74) is 2.43. The number of hydrogen-bond donors (Lipinski definition) is 2. The molecule has 2 N–H and O–H groups in total. The molecule has 2 aromatic rings. The van der Waals surface area contributed by atoms with Gasteiger partial charge in [-0.05, 0) is 43.7 Å². The third-order valence-corrected chi connectivity index (χ3v) is 3.56. The Bertz CT molecular complexity index is 793. The van der Waals surface area contributed by atoms with Crippen LogP contribution in [0.25, 0.3) is 0 Å². The SMILES string of the molecule is CC(=O)c1ccc(NC(=O)/C=C(/C)C(=O)NCc2ccccc2)cc1. The van der Waals surface area contributed by atoms with Crippen molar-refractivity contribution in [3.05, 3.63) is 77.4 Å². The van der Waals surface area contributed by atoms with E-state index in [0.717, 1.165) is 5.56 Å². The van der Waals surface area contributed by atoms with E-state index in [1.54, 1.807) is 31.2 Å². The predicted octanol–water partition coefficient (Wildman–Crippen LogP) is 3.09. The van der Waals surface area contributed by atoms with Crippen molar-refractivity contribution in [3.8, 4) is 0 Å². The number of anilines is 1. The zero-order valence-corrected chi connectivity index (χ0v) is 14.2. The predicted molar refractivity (Wildman–Crippen MR) is 97.1 cm³/mol. The van der Waals surface area contributed by atoms with Crippen molar-refractivity contribution >= 4 is 23.3 Å². The van der Waals surface area contributed by atoms with E-state index in [-0.39, 0.29) is 11.7 Å². The van der Waals surface area contributed by atoms with E-state index < -0.39 is 5.91 Å². The Hall–Kier alpha value is -3.21. The zero-order chi connectivity index (χ0) is 18.2. The molecule has 0 unspecified atom stereocenters. The lowest BCUT2D eigenvalue weighted by molar-refractivity contribution is -0.118. The number of amides is 2. The van der Waals surface area contributed by atoms with Crippen molar-refractivity contribution in [2.45, 2.75) is 20.4 Å². The first-order chi connectivity index (χ1) is 12.0. The summed E-state index contributed by atoms with van der Waals surface area (Å²) in [6, 6.07) is 16.1. The minimum Gasteiger partial charge on any atom is -0.348 e. The van der Waals surface area contributed by atoms with E-state index in [1.165, 1.54) is 13.0 Å². The monoisotopic (exact) mass is 336 g/mol. The lowest BCUT2D eigenvalue weighted by Gasteiger charge is -2.06. The summed E-state index contributed by atoms with van der Waals surface area (Å²) in [5.74, 6) is -0.738. The van der Waals surface area contributed by atoms with Crippen LogP contribution in [0.1, 0.15) is 29.8 Å². The lowest BCUT2D eigenvalue weighted by atomic mass is 10.1. The van der Waals surface area contributed by atoms with Gasteiger partial charge < -0.3 is 10.6 Å². The summed E-state index contributed by atoms with van der Waals surface area (Å²) < 4.78 is 0. The Morgan fingerprint density at radius 2 is 1.56 bits per heavy atom. The van der Waals surface area contributed by atoms with E-state index in [4.69, 9.17) is 0 Å². The number of benzene rings is 2. The van der Waals surface area contributed by atoms with Gasteiger partial charge in [0.1, 0.15) is 0 Å². The molecule has 2 rings (SSSR count). The molecule has 0 fully saturated rings. The van der Waals surface area contributed by atoms with Crippen LogP contribution < -0.4 is 10.6 Å². The number of carbonyl (C=O) groups is 3. The third kappa shape index (κ3) is 5.73. The van der Waals surface area contributed by atoms with Crippen molar-refractivity contribution in [2.24, 2.45) is 0 Å². The average molecular weight is 336 g/mol. The quantitative estimate of drug-likeness (QED) is 0.629. The smallest absolute Gasteiger partial charge is 0.248 e. The summed E-state index contributed by atoms with van der Waals surface area (Å²) in [6.07, 6.45) is 1.25. The lowest BCUT2D eigenvalue weighted by Crippen LogP contribution is -2.24. The first-order valence-corrected chi connectivity index (χ1v) is 7.88. The first kappa shape index (κ1) is 18.1. The van der Waals surface area contributed by atoms with Gasteiger partial charge in [0.15, 0.2) is 5.78 Å². The first-order valence-electron chi connectivity index (χ1n) is 7.88. The van der Waals surface area contributed by atoms with E-state index in [2.05, 4.69) is 10.6 Å². The molecule has 25 heavy (non-hydrogen) atoms. The summed E-state index contributed by atoms with van der Waals surface area (Å²) in [7, 11) is 0. The Kier molecular flexibility index (Phi) is 6.23. The topological polar surface area (TPSA) is 75.3 Å². The fraction of sp³-hybridized carbons (Fsp3) is 0.150. The largest absolute Gasteiger partial charge is 0.348 e. The number of nitrogens with one attached hydrogen (secondary N) is 2. The molecule has 0 saturated carbocycles. The second kappa shape index (κ2) is 8.59. The van der Waals surface area contributed by atoms with Crippen LogP contribution >= 0.6 is 0 Å². The molecular formula is C20H20N2O3. The molecule has 0 aromatic heterocycles. The molecule has 0 bridgehead atoms. The summed E-state index contributed by atoms with van der Waals surface area (Å²) in [4.78, 5) is 35.2. The fourth-order valence-corrected chi connectivity index (χ4v) is 2.15. The van der Waals surface area contributed by atoms with Crippen LogP contribution in [0.4, 0.5) is 5.69 Å². The van der Waals surface area contributed by atoms with E-state index in [0.29, 0.717) is 23.4 Å². The second-order valence-corrected chi connectivity index (χ2v) is 5.62. The molecule has 128 valence electrons. The summed E-state index contributed by atoms with van der Waals surface area (Å²) in [5, 5.41) is 5.42. The molecule has 0 saturated heterocycles. The standard InChI is InChI=1S/C20H20N2O3/c1-14(20(25)21-13-16-6-4-3-5-7-16)12-19(24)22-18-10-8-17(9-11-18)15(2)23/h3-12H,13H2,1-2H3,(H,21,25)(H,22,24)/b14-12-. The van der Waals surface area contributed by atoms with Crippen molar-refractivity contribution in [2.75, 3.05) is 5.32 Å². The van der Waals surface area contributed by atoms with Crippen LogP contribution in [0.3, 0.4) is 0 Å². The molecule has 2 amide bonds. The van der Waals surface area contributed by atoms with Crippen molar-refractivity contribution in [3.63, 3.8) is 0 Å². The van der Waals surface area contributed by atoms with Gasteiger partial charge in [0.2, 0.25) is 11.8 Å². The molecule has 0 aliphatic heterocycles. The van der Waals surface area contributed by atoms with Crippen molar-refractivity contribution < 1.29 is 14.4 Å². The van der Waals surface area contributed by atoms with Crippen LogP contribution in [0.2, 0.25) is 0 Å². The highest BCUT2D eigenvalue weighted by Crippen LogP contribution is 2.10. The molecule has 0 radical (unpaired) electrons. The van der Waals surface area contributed by atoms with Crippen LogP contribution in [0.5, 0.6) is 0 Å². The Labute approximate surface area is 146 Å². The minimum atomic E-state index is -0.400. The molecule has 0 heterocycles.